The standard InChI is InChI=1S/C23H43I3O2Si/c1-22(2)23(27)28-20-18-16-14-12-10-8-6-4-3-5-7-9-11-13-15-17-19-21-29(24,25)26/h1,3-21H2,2H3. The first kappa shape index (κ1) is 30.6. The minimum absolute atomic E-state index is 0.253. The van der Waals surface area contributed by atoms with Crippen molar-refractivity contribution in [3.05, 3.63) is 12.2 Å². The summed E-state index contributed by atoms with van der Waals surface area (Å²) in [6.07, 6.45) is 23.3. The van der Waals surface area contributed by atoms with Crippen molar-refractivity contribution in [2.45, 2.75) is 122 Å². The maximum atomic E-state index is 11.2. The number of esters is 1. The fourth-order valence-corrected chi connectivity index (χ4v) is 7.45. The van der Waals surface area contributed by atoms with Crippen LogP contribution >= 0.6 is 65.4 Å². The molecule has 29 heavy (non-hydrogen) atoms. The van der Waals surface area contributed by atoms with E-state index in [0.29, 0.717) is 12.2 Å². The van der Waals surface area contributed by atoms with E-state index < -0.39 is 0.564 Å². The molecule has 0 aliphatic carbocycles. The van der Waals surface area contributed by atoms with E-state index in [4.69, 9.17) is 4.74 Å². The quantitative estimate of drug-likeness (QED) is 0.0291. The predicted octanol–water partition coefficient (Wildman–Crippen LogP) is 9.98. The van der Waals surface area contributed by atoms with E-state index in [9.17, 15) is 4.79 Å². The van der Waals surface area contributed by atoms with E-state index >= 15 is 0 Å². The van der Waals surface area contributed by atoms with Gasteiger partial charge in [0.1, 0.15) is 0 Å². The Labute approximate surface area is 220 Å². The molecule has 6 heteroatoms. The van der Waals surface area contributed by atoms with Crippen LogP contribution in [0.2, 0.25) is 6.04 Å². The van der Waals surface area contributed by atoms with Crippen molar-refractivity contribution in [1.29, 1.82) is 0 Å². The molecule has 0 aliphatic heterocycles. The average molecular weight is 760 g/mol. The van der Waals surface area contributed by atoms with Gasteiger partial charge in [0.2, 0.25) is 0 Å². The van der Waals surface area contributed by atoms with Gasteiger partial charge >= 0.3 is 5.97 Å². The van der Waals surface area contributed by atoms with Crippen LogP contribution in [-0.2, 0) is 9.53 Å². The van der Waals surface area contributed by atoms with E-state index in [2.05, 4.69) is 72.0 Å². The molecular weight excluding hydrogens is 717 g/mol. The summed E-state index contributed by atoms with van der Waals surface area (Å²) in [6, 6.07) is 1.47. The predicted molar refractivity (Wildman–Crippen MR) is 157 cm³/mol. The third-order valence-corrected chi connectivity index (χ3v) is 11.0. The smallest absolute Gasteiger partial charge is 0.333 e. The van der Waals surface area contributed by atoms with Crippen molar-refractivity contribution in [3.63, 3.8) is 0 Å². The zero-order valence-electron chi connectivity index (χ0n) is 18.6. The Morgan fingerprint density at radius 3 is 1.28 bits per heavy atom. The molecule has 0 aromatic carbocycles. The van der Waals surface area contributed by atoms with Crippen molar-refractivity contribution in [2.24, 2.45) is 0 Å². The summed E-state index contributed by atoms with van der Waals surface area (Å²) in [4.78, 5) is 11.2. The summed E-state index contributed by atoms with van der Waals surface area (Å²) in [7, 11) is 0. The second-order valence-electron chi connectivity index (χ2n) is 8.29. The van der Waals surface area contributed by atoms with E-state index in [0.717, 1.165) is 6.42 Å². The maximum absolute atomic E-state index is 11.2. The lowest BCUT2D eigenvalue weighted by Gasteiger charge is -2.08. The van der Waals surface area contributed by atoms with E-state index in [1.165, 1.54) is 109 Å². The minimum atomic E-state index is -0.883. The van der Waals surface area contributed by atoms with Gasteiger partial charge in [-0.2, -0.15) is 0 Å². The summed E-state index contributed by atoms with van der Waals surface area (Å²) in [6.45, 7) is 5.83. The van der Waals surface area contributed by atoms with Gasteiger partial charge in [-0.3, -0.25) is 0 Å². The monoisotopic (exact) mass is 760 g/mol. The van der Waals surface area contributed by atoms with Crippen LogP contribution in [0.1, 0.15) is 116 Å². The van der Waals surface area contributed by atoms with Gasteiger partial charge in [0.15, 0.2) is 0 Å². The fourth-order valence-electron chi connectivity index (χ4n) is 3.37. The Kier molecular flexibility index (Phi) is 22.7. The topological polar surface area (TPSA) is 26.3 Å². The number of rotatable bonds is 21. The van der Waals surface area contributed by atoms with Crippen LogP contribution in [-0.4, -0.2) is 13.1 Å². The lowest BCUT2D eigenvalue weighted by Crippen LogP contribution is -2.05. The summed E-state index contributed by atoms with van der Waals surface area (Å²) >= 11 is 8.04. The molecule has 0 unspecified atom stereocenters. The van der Waals surface area contributed by atoms with Crippen molar-refractivity contribution >= 4 is 71.9 Å². The first-order valence-corrected chi connectivity index (χ1v) is 23.3. The Morgan fingerprint density at radius 1 is 0.655 bits per heavy atom. The molecule has 0 amide bonds. The number of carbonyl (C=O) groups is 1. The molecule has 0 bridgehead atoms. The number of unbranched alkanes of at least 4 members (excludes halogenated alkanes) is 16. The minimum Gasteiger partial charge on any atom is -0.462 e. The highest BCUT2D eigenvalue weighted by molar-refractivity contribution is 14.4. The second kappa shape index (κ2) is 21.5. The summed E-state index contributed by atoms with van der Waals surface area (Å²) < 4.78 is 4.22. The molecule has 0 saturated carbocycles. The van der Waals surface area contributed by atoms with E-state index in [1.54, 1.807) is 6.92 Å². The zero-order valence-corrected chi connectivity index (χ0v) is 26.1. The van der Waals surface area contributed by atoms with Gasteiger partial charge in [-0.15, -0.1) is 0 Å². The summed E-state index contributed by atoms with van der Waals surface area (Å²) in [5.74, 6) is -0.253. The van der Waals surface area contributed by atoms with Crippen LogP contribution in [0.25, 0.3) is 0 Å². The molecule has 0 aliphatic rings. The van der Waals surface area contributed by atoms with Gasteiger partial charge in [0, 0.05) is 5.57 Å². The molecule has 0 spiro atoms. The lowest BCUT2D eigenvalue weighted by atomic mass is 10.0. The second-order valence-corrected chi connectivity index (χ2v) is 45.2. The maximum Gasteiger partial charge on any atom is 0.333 e. The molecule has 0 saturated heterocycles. The van der Waals surface area contributed by atoms with Crippen LogP contribution in [0.5, 0.6) is 0 Å². The molecule has 0 rings (SSSR count). The molecule has 0 heterocycles. The van der Waals surface area contributed by atoms with Crippen molar-refractivity contribution in [2.75, 3.05) is 6.61 Å². The number of ether oxygens (including phenoxy) is 1. The molecule has 0 radical (unpaired) electrons. The van der Waals surface area contributed by atoms with Gasteiger partial charge in [-0.1, -0.05) is 175 Å². The zero-order chi connectivity index (χ0) is 21.8. The third kappa shape index (κ3) is 25.8. The molecule has 0 aromatic rings. The molecule has 172 valence electrons. The van der Waals surface area contributed by atoms with Gasteiger partial charge in [0.05, 0.1) is 6.61 Å². The third-order valence-electron chi connectivity index (χ3n) is 5.19. The molecular formula is C23H43I3O2Si. The van der Waals surface area contributed by atoms with Gasteiger partial charge < -0.3 is 4.74 Å². The lowest BCUT2D eigenvalue weighted by molar-refractivity contribution is -0.139. The summed E-state index contributed by atoms with van der Waals surface area (Å²) in [5.41, 5.74) is 0.493. The molecule has 2 nitrogen and oxygen atoms in total. The van der Waals surface area contributed by atoms with Crippen molar-refractivity contribution < 1.29 is 9.53 Å². The first-order valence-electron chi connectivity index (χ1n) is 11.7. The van der Waals surface area contributed by atoms with Crippen molar-refractivity contribution in [1.82, 2.24) is 0 Å². The number of carbonyl (C=O) groups excluding carboxylic acids is 1. The number of hydrogen-bond donors (Lipinski definition) is 0. The molecule has 0 atom stereocenters. The van der Waals surface area contributed by atoms with Gasteiger partial charge in [-0.25, -0.2) is 4.79 Å². The fraction of sp³-hybridized carbons (Fsp3) is 0.870. The van der Waals surface area contributed by atoms with E-state index in [1.807, 2.05) is 0 Å². The number of halogens is 3. The molecule has 0 N–H and O–H groups in total. The Bertz CT molecular complexity index is 411. The van der Waals surface area contributed by atoms with Crippen LogP contribution in [0.15, 0.2) is 12.2 Å². The Balaban J connectivity index is 3.10. The molecule has 0 fully saturated rings. The highest BCUT2D eigenvalue weighted by Crippen LogP contribution is 2.35. The van der Waals surface area contributed by atoms with E-state index in [-0.39, 0.29) is 5.97 Å². The number of hydrogen-bond acceptors (Lipinski definition) is 2. The molecule has 0 aromatic heterocycles. The van der Waals surface area contributed by atoms with Crippen molar-refractivity contribution in [3.8, 4) is 0 Å². The highest BCUT2D eigenvalue weighted by atomic mass is 127. The van der Waals surface area contributed by atoms with Gasteiger partial charge in [-0.05, 0) is 19.4 Å². The Hall–Kier alpha value is 1.62. The van der Waals surface area contributed by atoms with Crippen LogP contribution in [0, 0.1) is 0 Å². The average Bonchev–Trinajstić information content (AvgIpc) is 2.65. The largest absolute Gasteiger partial charge is 0.462 e. The van der Waals surface area contributed by atoms with Crippen LogP contribution in [0.4, 0.5) is 0 Å². The summed E-state index contributed by atoms with van der Waals surface area (Å²) in [5, 5.41) is 0. The normalized spacial score (nSPS) is 11.6. The highest BCUT2D eigenvalue weighted by Gasteiger charge is 2.19. The van der Waals surface area contributed by atoms with Gasteiger partial charge in [0.25, 0.3) is 0.564 Å². The van der Waals surface area contributed by atoms with Crippen LogP contribution < -0.4 is 0 Å². The Morgan fingerprint density at radius 2 is 0.966 bits per heavy atom. The van der Waals surface area contributed by atoms with Crippen LogP contribution in [0.3, 0.4) is 0 Å². The first-order chi connectivity index (χ1) is 13.8. The SMILES string of the molecule is C=C(C)C(=O)OCCCCCCCCCCCCCCCCCCC[Si](I)(I)I.